The second-order valence-electron chi connectivity index (χ2n) is 8.35. The van der Waals surface area contributed by atoms with Gasteiger partial charge in [-0.25, -0.2) is 13.1 Å². The first kappa shape index (κ1) is 24.2. The lowest BCUT2D eigenvalue weighted by Gasteiger charge is -2.37. The predicted molar refractivity (Wildman–Crippen MR) is 108 cm³/mol. The van der Waals surface area contributed by atoms with Gasteiger partial charge in [0.25, 0.3) is 0 Å². The van der Waals surface area contributed by atoms with Crippen LogP contribution in [0.25, 0.3) is 0 Å². The van der Waals surface area contributed by atoms with E-state index in [-0.39, 0.29) is 16.5 Å². The first-order chi connectivity index (χ1) is 12.2. The van der Waals surface area contributed by atoms with Crippen LogP contribution in [0.5, 0.6) is 0 Å². The molecule has 0 spiro atoms. The fraction of sp³-hybridized carbons (Fsp3) is 0.667. The van der Waals surface area contributed by atoms with Crippen molar-refractivity contribution in [2.24, 2.45) is 0 Å². The summed E-state index contributed by atoms with van der Waals surface area (Å²) in [5, 5.41) is 30.0. The summed E-state index contributed by atoms with van der Waals surface area (Å²) >= 11 is 0. The lowest BCUT2D eigenvalue weighted by molar-refractivity contribution is -0.0341. The Morgan fingerprint density at radius 2 is 1.67 bits per heavy atom. The first-order valence-electron chi connectivity index (χ1n) is 8.91. The minimum Gasteiger partial charge on any atom is -0.414 e. The minimum absolute atomic E-state index is 0.0192. The number of rotatable bonds is 9. The van der Waals surface area contributed by atoms with Crippen molar-refractivity contribution >= 4 is 18.3 Å². The molecule has 27 heavy (non-hydrogen) atoms. The van der Waals surface area contributed by atoms with Gasteiger partial charge in [-0.1, -0.05) is 38.5 Å². The van der Waals surface area contributed by atoms with Crippen molar-refractivity contribution in [1.29, 1.82) is 0 Å². The molecule has 0 saturated carbocycles. The Bertz CT molecular complexity index is 700. The standard InChI is InChI=1S/C18H33NO6SSi/c1-13-7-9-14(10-8-13)26(23,24)19-15(11-20)17(22)16(21)12-25-27(5,6)18(2,3)4/h7-10,15-17,19-22H,11-12H2,1-6H3/t15-,16-,17+/m1/s1. The summed E-state index contributed by atoms with van der Waals surface area (Å²) in [6.45, 7) is 11.2. The Kier molecular flexibility index (Phi) is 8.19. The summed E-state index contributed by atoms with van der Waals surface area (Å²) < 4.78 is 33.0. The van der Waals surface area contributed by atoms with Crippen LogP contribution in [-0.4, -0.2) is 63.5 Å². The lowest BCUT2D eigenvalue weighted by atomic mass is 10.1. The maximum absolute atomic E-state index is 12.4. The molecule has 7 nitrogen and oxygen atoms in total. The van der Waals surface area contributed by atoms with Crippen molar-refractivity contribution in [1.82, 2.24) is 4.72 Å². The molecule has 0 fully saturated rings. The van der Waals surface area contributed by atoms with Crippen LogP contribution in [0.15, 0.2) is 29.2 Å². The highest BCUT2D eigenvalue weighted by molar-refractivity contribution is 7.89. The Balaban J connectivity index is 2.81. The minimum atomic E-state index is -3.95. The van der Waals surface area contributed by atoms with E-state index in [4.69, 9.17) is 4.43 Å². The topological polar surface area (TPSA) is 116 Å². The monoisotopic (exact) mass is 419 g/mol. The van der Waals surface area contributed by atoms with Gasteiger partial charge in [0, 0.05) is 0 Å². The highest BCUT2D eigenvalue weighted by atomic mass is 32.2. The van der Waals surface area contributed by atoms with E-state index in [1.54, 1.807) is 12.1 Å². The molecule has 1 aromatic rings. The Labute approximate surface area is 163 Å². The second kappa shape index (κ2) is 9.12. The normalized spacial score (nSPS) is 16.8. The molecule has 0 radical (unpaired) electrons. The molecular formula is C18H33NO6SSi. The highest BCUT2D eigenvalue weighted by Gasteiger charge is 2.39. The zero-order chi connectivity index (χ0) is 21.0. The van der Waals surface area contributed by atoms with E-state index < -0.39 is 43.2 Å². The van der Waals surface area contributed by atoms with Gasteiger partial charge < -0.3 is 19.7 Å². The van der Waals surface area contributed by atoms with Crippen LogP contribution in [0.1, 0.15) is 26.3 Å². The predicted octanol–water partition coefficient (Wildman–Crippen LogP) is 1.38. The van der Waals surface area contributed by atoms with E-state index in [0.29, 0.717) is 0 Å². The summed E-state index contributed by atoms with van der Waals surface area (Å²) in [5.74, 6) is 0. The van der Waals surface area contributed by atoms with Gasteiger partial charge >= 0.3 is 0 Å². The van der Waals surface area contributed by atoms with Crippen LogP contribution in [-0.2, 0) is 14.4 Å². The van der Waals surface area contributed by atoms with Gasteiger partial charge in [0.05, 0.1) is 24.2 Å². The maximum Gasteiger partial charge on any atom is 0.240 e. The van der Waals surface area contributed by atoms with E-state index in [0.717, 1.165) is 5.56 Å². The van der Waals surface area contributed by atoms with Crippen molar-refractivity contribution in [2.45, 2.75) is 69.0 Å². The van der Waals surface area contributed by atoms with Gasteiger partial charge in [-0.2, -0.15) is 0 Å². The second-order valence-corrected chi connectivity index (χ2v) is 14.9. The lowest BCUT2D eigenvalue weighted by Crippen LogP contribution is -2.53. The van der Waals surface area contributed by atoms with E-state index in [1.165, 1.54) is 12.1 Å². The molecule has 0 saturated heterocycles. The van der Waals surface area contributed by atoms with E-state index in [9.17, 15) is 23.7 Å². The molecule has 0 amide bonds. The third-order valence-corrected chi connectivity index (χ3v) is 11.1. The highest BCUT2D eigenvalue weighted by Crippen LogP contribution is 2.36. The van der Waals surface area contributed by atoms with Crippen LogP contribution in [0, 0.1) is 6.92 Å². The van der Waals surface area contributed by atoms with Crippen LogP contribution in [0.2, 0.25) is 18.1 Å². The largest absolute Gasteiger partial charge is 0.414 e. The van der Waals surface area contributed by atoms with Crippen molar-refractivity contribution in [2.75, 3.05) is 13.2 Å². The molecule has 0 unspecified atom stereocenters. The van der Waals surface area contributed by atoms with Gasteiger partial charge in [0.1, 0.15) is 12.2 Å². The molecule has 0 aliphatic rings. The molecule has 3 atom stereocenters. The molecule has 9 heteroatoms. The molecule has 0 aliphatic carbocycles. The number of sulfonamides is 1. The quantitative estimate of drug-likeness (QED) is 0.449. The molecule has 156 valence electrons. The van der Waals surface area contributed by atoms with Gasteiger partial charge in [0.2, 0.25) is 10.0 Å². The maximum atomic E-state index is 12.4. The summed E-state index contributed by atoms with van der Waals surface area (Å²) in [5.41, 5.74) is 0.908. The smallest absolute Gasteiger partial charge is 0.240 e. The molecule has 4 N–H and O–H groups in total. The number of aliphatic hydroxyl groups is 3. The van der Waals surface area contributed by atoms with Crippen molar-refractivity contribution in [3.63, 3.8) is 0 Å². The molecular weight excluding hydrogens is 386 g/mol. The zero-order valence-corrected chi connectivity index (χ0v) is 18.7. The zero-order valence-electron chi connectivity index (χ0n) is 16.9. The van der Waals surface area contributed by atoms with Crippen LogP contribution in [0.4, 0.5) is 0 Å². The Morgan fingerprint density at radius 3 is 2.11 bits per heavy atom. The molecule has 0 heterocycles. The van der Waals surface area contributed by atoms with E-state index in [1.807, 2.05) is 40.8 Å². The van der Waals surface area contributed by atoms with Crippen LogP contribution >= 0.6 is 0 Å². The number of aliphatic hydroxyl groups excluding tert-OH is 3. The summed E-state index contributed by atoms with van der Waals surface area (Å²) in [6.07, 6.45) is -2.85. The van der Waals surface area contributed by atoms with Gasteiger partial charge in [-0.3, -0.25) is 0 Å². The summed E-state index contributed by atoms with van der Waals surface area (Å²) in [7, 11) is -6.08. The Morgan fingerprint density at radius 1 is 1.15 bits per heavy atom. The molecule has 1 rings (SSSR count). The van der Waals surface area contributed by atoms with Crippen molar-refractivity contribution in [3.05, 3.63) is 29.8 Å². The first-order valence-corrected chi connectivity index (χ1v) is 13.3. The van der Waals surface area contributed by atoms with Crippen molar-refractivity contribution < 1.29 is 28.2 Å². The van der Waals surface area contributed by atoms with Gasteiger partial charge in [-0.15, -0.1) is 0 Å². The summed E-state index contributed by atoms with van der Waals surface area (Å²) in [4.78, 5) is 0.0192. The number of nitrogens with one attached hydrogen (secondary N) is 1. The molecule has 0 aliphatic heterocycles. The fourth-order valence-electron chi connectivity index (χ4n) is 2.08. The third-order valence-electron chi connectivity index (χ3n) is 5.06. The average Bonchev–Trinajstić information content (AvgIpc) is 2.56. The Hall–Kier alpha value is -0.813. The number of benzene rings is 1. The van der Waals surface area contributed by atoms with E-state index in [2.05, 4.69) is 4.72 Å². The molecule has 1 aromatic carbocycles. The van der Waals surface area contributed by atoms with Gasteiger partial charge in [0.15, 0.2) is 8.32 Å². The van der Waals surface area contributed by atoms with Crippen molar-refractivity contribution in [3.8, 4) is 0 Å². The van der Waals surface area contributed by atoms with E-state index >= 15 is 0 Å². The fourth-order valence-corrected chi connectivity index (χ4v) is 4.34. The van der Waals surface area contributed by atoms with Crippen LogP contribution < -0.4 is 4.72 Å². The SMILES string of the molecule is Cc1ccc(S(=O)(=O)N[C@H](CO)[C@H](O)[C@H](O)CO[Si](C)(C)C(C)(C)C)cc1. The molecule has 0 aromatic heterocycles. The number of hydrogen-bond acceptors (Lipinski definition) is 6. The molecule has 0 bridgehead atoms. The number of hydrogen-bond donors (Lipinski definition) is 4. The third kappa shape index (κ3) is 6.63. The summed E-state index contributed by atoms with van der Waals surface area (Å²) in [6, 6.07) is 4.93. The average molecular weight is 420 g/mol. The van der Waals surface area contributed by atoms with Crippen LogP contribution in [0.3, 0.4) is 0 Å². The number of aryl methyl sites for hydroxylation is 1. The van der Waals surface area contributed by atoms with Gasteiger partial charge in [-0.05, 0) is 37.2 Å².